The number of aliphatic hydroxyl groups is 1. The fraction of sp³-hybridized carbons (Fsp3) is 0.174. The number of sulfonamides is 1. The van der Waals surface area contributed by atoms with Gasteiger partial charge in [-0.05, 0) is 54.6 Å². The molecular weight excluding hydrogens is 511 g/mol. The summed E-state index contributed by atoms with van der Waals surface area (Å²) in [6.45, 7) is -0.896. The Hall–Kier alpha value is -3.71. The van der Waals surface area contributed by atoms with Crippen molar-refractivity contribution in [2.75, 3.05) is 22.8 Å². The number of fused-ring (bicyclic) bond motifs is 1. The quantitative estimate of drug-likeness (QED) is 0.485. The van der Waals surface area contributed by atoms with Gasteiger partial charge in [0.1, 0.15) is 23.5 Å². The minimum atomic E-state index is -5.00. The van der Waals surface area contributed by atoms with Crippen LogP contribution in [0.4, 0.5) is 33.3 Å². The number of aliphatic hydroxyl groups excluding tert-OH is 1. The number of amides is 1. The Morgan fingerprint density at radius 1 is 1.08 bits per heavy atom. The first-order chi connectivity index (χ1) is 16.9. The van der Waals surface area contributed by atoms with Crippen LogP contribution in [0.1, 0.15) is 15.9 Å². The number of hydrogen-bond donors (Lipinski definition) is 2. The molecular formula is C23H17F5N2O5S. The van der Waals surface area contributed by atoms with E-state index in [1.807, 2.05) is 0 Å². The van der Waals surface area contributed by atoms with Crippen LogP contribution in [-0.2, 0) is 16.2 Å². The average molecular weight is 528 g/mol. The van der Waals surface area contributed by atoms with Gasteiger partial charge in [-0.1, -0.05) is 6.07 Å². The van der Waals surface area contributed by atoms with Crippen LogP contribution in [0.25, 0.3) is 0 Å². The zero-order chi connectivity index (χ0) is 26.3. The van der Waals surface area contributed by atoms with Gasteiger partial charge >= 0.3 is 6.18 Å². The molecule has 2 N–H and O–H groups in total. The summed E-state index contributed by atoms with van der Waals surface area (Å²) in [5.41, 5.74) is -2.96. The van der Waals surface area contributed by atoms with Crippen LogP contribution in [0.3, 0.4) is 0 Å². The summed E-state index contributed by atoms with van der Waals surface area (Å²) in [7, 11) is -4.31. The fourth-order valence-corrected chi connectivity index (χ4v) is 5.13. The second kappa shape index (κ2) is 9.39. The van der Waals surface area contributed by atoms with E-state index >= 15 is 0 Å². The highest BCUT2D eigenvalue weighted by atomic mass is 32.2. The molecule has 1 atom stereocenters. The van der Waals surface area contributed by atoms with Gasteiger partial charge in [0.25, 0.3) is 15.9 Å². The van der Waals surface area contributed by atoms with Gasteiger partial charge in [-0.2, -0.15) is 13.2 Å². The lowest BCUT2D eigenvalue weighted by molar-refractivity contribution is -0.138. The Bertz CT molecular complexity index is 1410. The third kappa shape index (κ3) is 4.84. The van der Waals surface area contributed by atoms with E-state index in [2.05, 4.69) is 5.32 Å². The summed E-state index contributed by atoms with van der Waals surface area (Å²) in [6.07, 6.45) is -5.96. The van der Waals surface area contributed by atoms with E-state index in [4.69, 9.17) is 4.74 Å². The topological polar surface area (TPSA) is 95.9 Å². The average Bonchev–Trinajstić information content (AvgIpc) is 2.82. The van der Waals surface area contributed by atoms with E-state index in [9.17, 15) is 40.3 Å². The molecule has 0 radical (unpaired) electrons. The van der Waals surface area contributed by atoms with Crippen molar-refractivity contribution in [2.24, 2.45) is 0 Å². The highest BCUT2D eigenvalue weighted by Gasteiger charge is 2.38. The van der Waals surface area contributed by atoms with Crippen molar-refractivity contribution in [3.8, 4) is 5.75 Å². The zero-order valence-electron chi connectivity index (χ0n) is 18.1. The molecule has 3 aromatic carbocycles. The molecule has 7 nitrogen and oxygen atoms in total. The normalized spacial score (nSPS) is 15.7. The first-order valence-corrected chi connectivity index (χ1v) is 11.7. The lowest BCUT2D eigenvalue weighted by atomic mass is 10.1. The number of ether oxygens (including phenoxy) is 1. The van der Waals surface area contributed by atoms with Crippen molar-refractivity contribution in [2.45, 2.75) is 17.2 Å². The van der Waals surface area contributed by atoms with E-state index in [1.54, 1.807) is 0 Å². The van der Waals surface area contributed by atoms with Gasteiger partial charge in [-0.25, -0.2) is 17.2 Å². The van der Waals surface area contributed by atoms with Crippen LogP contribution >= 0.6 is 0 Å². The Morgan fingerprint density at radius 3 is 2.42 bits per heavy atom. The summed E-state index contributed by atoms with van der Waals surface area (Å²) in [5, 5.41) is 11.7. The number of alkyl halides is 3. The molecule has 1 aliphatic rings. The van der Waals surface area contributed by atoms with Gasteiger partial charge in [0.15, 0.2) is 0 Å². The third-order valence-corrected chi connectivity index (χ3v) is 7.09. The van der Waals surface area contributed by atoms with Gasteiger partial charge in [0, 0.05) is 5.69 Å². The molecule has 0 aromatic heterocycles. The molecule has 0 unspecified atom stereocenters. The predicted octanol–water partition coefficient (Wildman–Crippen LogP) is 4.18. The molecule has 13 heteroatoms. The van der Waals surface area contributed by atoms with Gasteiger partial charge in [0.05, 0.1) is 34.9 Å². The maximum atomic E-state index is 14.2. The molecule has 3 aromatic rings. The van der Waals surface area contributed by atoms with Crippen LogP contribution in [0.2, 0.25) is 0 Å². The Labute approximate surface area is 201 Å². The number of carbonyl (C=O) groups is 1. The van der Waals surface area contributed by atoms with Crippen LogP contribution in [0, 0.1) is 11.6 Å². The minimum absolute atomic E-state index is 0.00846. The summed E-state index contributed by atoms with van der Waals surface area (Å²) < 4.78 is 100. The zero-order valence-corrected chi connectivity index (χ0v) is 18.9. The van der Waals surface area contributed by atoms with Gasteiger partial charge < -0.3 is 15.2 Å². The number of benzene rings is 3. The number of rotatable bonds is 5. The van der Waals surface area contributed by atoms with E-state index in [0.29, 0.717) is 12.1 Å². The van der Waals surface area contributed by atoms with Crippen molar-refractivity contribution in [1.29, 1.82) is 0 Å². The van der Waals surface area contributed by atoms with E-state index in [-0.39, 0.29) is 28.6 Å². The molecule has 0 aliphatic carbocycles. The Balaban J connectivity index is 1.73. The van der Waals surface area contributed by atoms with Crippen molar-refractivity contribution in [3.63, 3.8) is 0 Å². The Morgan fingerprint density at radius 2 is 1.78 bits per heavy atom. The van der Waals surface area contributed by atoms with E-state index in [1.165, 1.54) is 12.1 Å². The first-order valence-electron chi connectivity index (χ1n) is 10.3. The molecule has 190 valence electrons. The number of nitrogens with one attached hydrogen (secondary N) is 1. The molecule has 0 spiro atoms. The largest absolute Gasteiger partial charge is 0.484 e. The van der Waals surface area contributed by atoms with Gasteiger partial charge in [-0.15, -0.1) is 0 Å². The maximum absolute atomic E-state index is 14.2. The summed E-state index contributed by atoms with van der Waals surface area (Å²) in [4.78, 5) is 12.3. The van der Waals surface area contributed by atoms with Crippen molar-refractivity contribution in [1.82, 2.24) is 0 Å². The number of hydrogen-bond acceptors (Lipinski definition) is 5. The molecule has 0 bridgehead atoms. The Kier molecular flexibility index (Phi) is 6.62. The van der Waals surface area contributed by atoms with Crippen LogP contribution in [0.5, 0.6) is 5.75 Å². The smallest absolute Gasteiger partial charge is 0.417 e. The summed E-state index contributed by atoms with van der Waals surface area (Å²) >= 11 is 0. The third-order valence-electron chi connectivity index (χ3n) is 5.30. The lowest BCUT2D eigenvalue weighted by Gasteiger charge is -2.35. The van der Waals surface area contributed by atoms with Crippen molar-refractivity contribution in [3.05, 3.63) is 83.4 Å². The monoisotopic (exact) mass is 528 g/mol. The highest BCUT2D eigenvalue weighted by molar-refractivity contribution is 7.92. The highest BCUT2D eigenvalue weighted by Crippen LogP contribution is 2.39. The number of carbonyl (C=O) groups excluding carboxylic acids is 1. The second-order valence-electron chi connectivity index (χ2n) is 7.71. The molecule has 1 amide bonds. The molecule has 36 heavy (non-hydrogen) atoms. The maximum Gasteiger partial charge on any atom is 0.417 e. The first kappa shape index (κ1) is 25.4. The molecule has 1 aliphatic heterocycles. The molecule has 4 rings (SSSR count). The second-order valence-corrected chi connectivity index (χ2v) is 9.57. The molecule has 0 saturated heterocycles. The predicted molar refractivity (Wildman–Crippen MR) is 118 cm³/mol. The fourth-order valence-electron chi connectivity index (χ4n) is 3.63. The van der Waals surface area contributed by atoms with Crippen LogP contribution in [0.15, 0.2) is 65.6 Å². The number of halogens is 5. The van der Waals surface area contributed by atoms with E-state index in [0.717, 1.165) is 40.7 Å². The van der Waals surface area contributed by atoms with Crippen LogP contribution < -0.4 is 14.4 Å². The number of nitrogens with zero attached hydrogens (tertiary/aromatic N) is 1. The van der Waals surface area contributed by atoms with Crippen molar-refractivity contribution >= 4 is 27.3 Å². The molecule has 0 saturated carbocycles. The lowest BCUT2D eigenvalue weighted by Crippen LogP contribution is -2.45. The van der Waals surface area contributed by atoms with E-state index < -0.39 is 57.6 Å². The summed E-state index contributed by atoms with van der Waals surface area (Å²) in [5.74, 6) is -3.47. The standard InChI is InChI=1S/C23H17F5N2O5S/c24-13-4-7-16(8-5-13)36(33,34)30-11-15(12-31)35-20-9-6-14(10-19(20)30)29-22(32)21-17(23(26,27)28)2-1-3-18(21)25/h1-10,15,31H,11-12H2,(H,29,32)/t15-/m1/s1. The number of anilines is 2. The van der Waals surface area contributed by atoms with Crippen molar-refractivity contribution < 1.29 is 45.0 Å². The van der Waals surface area contributed by atoms with Crippen LogP contribution in [-0.4, -0.2) is 38.7 Å². The molecule has 0 fully saturated rings. The minimum Gasteiger partial charge on any atom is -0.484 e. The van der Waals surface area contributed by atoms with Gasteiger partial charge in [0.2, 0.25) is 0 Å². The SMILES string of the molecule is O=C(Nc1ccc2c(c1)N(S(=O)(=O)c1ccc(F)cc1)C[C@H](CO)O2)c1c(F)cccc1C(F)(F)F. The molecule has 1 heterocycles. The van der Waals surface area contributed by atoms with Gasteiger partial charge in [-0.3, -0.25) is 9.10 Å². The summed E-state index contributed by atoms with van der Waals surface area (Å²) in [6, 6.07) is 9.63.